The molecule has 76 valence electrons. The summed E-state index contributed by atoms with van der Waals surface area (Å²) in [6.07, 6.45) is 0. The summed E-state index contributed by atoms with van der Waals surface area (Å²) in [5, 5.41) is 3.69. The summed E-state index contributed by atoms with van der Waals surface area (Å²) in [5.74, 6) is -0.163. The first-order chi connectivity index (χ1) is 6.49. The molecule has 1 aromatic rings. The van der Waals surface area contributed by atoms with E-state index in [1.807, 2.05) is 13.8 Å². The van der Waals surface area contributed by atoms with Gasteiger partial charge >= 0.3 is 0 Å². The molecule has 2 nitrogen and oxygen atoms in total. The maximum absolute atomic E-state index is 11.5. The van der Waals surface area contributed by atoms with Crippen molar-refractivity contribution in [3.8, 4) is 0 Å². The first kappa shape index (κ1) is 11.3. The highest BCUT2D eigenvalue weighted by molar-refractivity contribution is 6.35. The lowest BCUT2D eigenvalue weighted by Crippen LogP contribution is -2.30. The zero-order valence-electron chi connectivity index (χ0n) is 7.97. The molecular formula is C10H11Cl2NO. The van der Waals surface area contributed by atoms with Crippen LogP contribution in [0, 0.1) is 0 Å². The van der Waals surface area contributed by atoms with Crippen molar-refractivity contribution in [2.45, 2.75) is 19.9 Å². The van der Waals surface area contributed by atoms with Crippen LogP contribution in [0.25, 0.3) is 0 Å². The van der Waals surface area contributed by atoms with E-state index >= 15 is 0 Å². The zero-order valence-corrected chi connectivity index (χ0v) is 9.49. The fourth-order valence-corrected chi connectivity index (χ4v) is 1.56. The van der Waals surface area contributed by atoms with Gasteiger partial charge in [0.25, 0.3) is 5.91 Å². The molecule has 0 aliphatic heterocycles. The second kappa shape index (κ2) is 4.67. The normalized spacial score (nSPS) is 10.4. The van der Waals surface area contributed by atoms with Gasteiger partial charge in [-0.1, -0.05) is 23.2 Å². The molecule has 0 atom stereocenters. The molecule has 0 aromatic heterocycles. The maximum Gasteiger partial charge on any atom is 0.251 e. The monoisotopic (exact) mass is 231 g/mol. The second-order valence-electron chi connectivity index (χ2n) is 3.29. The average molecular weight is 232 g/mol. The molecule has 0 bridgehead atoms. The third-order valence-corrected chi connectivity index (χ3v) is 1.98. The summed E-state index contributed by atoms with van der Waals surface area (Å²) < 4.78 is 0. The lowest BCUT2D eigenvalue weighted by atomic mass is 10.2. The van der Waals surface area contributed by atoms with E-state index in [-0.39, 0.29) is 11.9 Å². The van der Waals surface area contributed by atoms with E-state index < -0.39 is 0 Å². The molecule has 1 aromatic carbocycles. The Morgan fingerprint density at radius 1 is 1.21 bits per heavy atom. The first-order valence-electron chi connectivity index (χ1n) is 4.26. The van der Waals surface area contributed by atoms with Crippen LogP contribution in [0.15, 0.2) is 18.2 Å². The molecule has 0 saturated heterocycles. The number of nitrogens with one attached hydrogen (secondary N) is 1. The SMILES string of the molecule is CC(C)NC(=O)c1cc(Cl)cc(Cl)c1. The lowest BCUT2D eigenvalue weighted by Gasteiger charge is -2.08. The quantitative estimate of drug-likeness (QED) is 0.833. The smallest absolute Gasteiger partial charge is 0.251 e. The molecule has 0 unspecified atom stereocenters. The van der Waals surface area contributed by atoms with Crippen molar-refractivity contribution in [3.05, 3.63) is 33.8 Å². The highest BCUT2D eigenvalue weighted by Crippen LogP contribution is 2.18. The van der Waals surface area contributed by atoms with Gasteiger partial charge in [-0.3, -0.25) is 4.79 Å². The summed E-state index contributed by atoms with van der Waals surface area (Å²) in [6.45, 7) is 3.79. The number of benzene rings is 1. The fraction of sp³-hybridized carbons (Fsp3) is 0.300. The van der Waals surface area contributed by atoms with Crippen LogP contribution in [0.3, 0.4) is 0 Å². The molecule has 0 fully saturated rings. The largest absolute Gasteiger partial charge is 0.350 e. The van der Waals surface area contributed by atoms with Gasteiger partial charge in [0.15, 0.2) is 0 Å². The summed E-state index contributed by atoms with van der Waals surface area (Å²) in [4.78, 5) is 11.5. The molecule has 0 heterocycles. The zero-order chi connectivity index (χ0) is 10.7. The predicted octanol–water partition coefficient (Wildman–Crippen LogP) is 3.13. The van der Waals surface area contributed by atoms with Gasteiger partial charge < -0.3 is 5.32 Å². The van der Waals surface area contributed by atoms with Gasteiger partial charge in [0.1, 0.15) is 0 Å². The molecule has 0 spiro atoms. The summed E-state index contributed by atoms with van der Waals surface area (Å²) in [6, 6.07) is 4.87. The van der Waals surface area contributed by atoms with Crippen molar-refractivity contribution < 1.29 is 4.79 Å². The lowest BCUT2D eigenvalue weighted by molar-refractivity contribution is 0.0943. The Bertz CT molecular complexity index is 330. The molecule has 1 amide bonds. The van der Waals surface area contributed by atoms with Gasteiger partial charge in [-0.25, -0.2) is 0 Å². The van der Waals surface area contributed by atoms with Crippen molar-refractivity contribution in [1.82, 2.24) is 5.32 Å². The van der Waals surface area contributed by atoms with Gasteiger partial charge in [-0.2, -0.15) is 0 Å². The third-order valence-electron chi connectivity index (χ3n) is 1.54. The van der Waals surface area contributed by atoms with Gasteiger partial charge in [0.2, 0.25) is 0 Å². The van der Waals surface area contributed by atoms with Crippen LogP contribution in [0.2, 0.25) is 10.0 Å². The Kier molecular flexibility index (Phi) is 3.78. The number of amides is 1. The highest BCUT2D eigenvalue weighted by atomic mass is 35.5. The van der Waals surface area contributed by atoms with E-state index in [2.05, 4.69) is 5.32 Å². The summed E-state index contributed by atoms with van der Waals surface area (Å²) >= 11 is 11.5. The molecule has 14 heavy (non-hydrogen) atoms. The predicted molar refractivity (Wildman–Crippen MR) is 59.1 cm³/mol. The van der Waals surface area contributed by atoms with Crippen molar-refractivity contribution >= 4 is 29.1 Å². The molecule has 1 rings (SSSR count). The first-order valence-corrected chi connectivity index (χ1v) is 5.01. The molecule has 4 heteroatoms. The minimum atomic E-state index is -0.163. The minimum Gasteiger partial charge on any atom is -0.350 e. The number of halogens is 2. The number of carbonyl (C=O) groups is 1. The highest BCUT2D eigenvalue weighted by Gasteiger charge is 2.08. The van der Waals surface area contributed by atoms with Gasteiger partial charge in [-0.05, 0) is 32.0 Å². The van der Waals surface area contributed by atoms with Gasteiger partial charge in [0.05, 0.1) is 0 Å². The molecule has 0 radical (unpaired) electrons. The number of rotatable bonds is 2. The van der Waals surface area contributed by atoms with Crippen LogP contribution in [0.4, 0.5) is 0 Å². The molecule has 0 aliphatic carbocycles. The Morgan fingerprint density at radius 2 is 1.71 bits per heavy atom. The second-order valence-corrected chi connectivity index (χ2v) is 4.16. The maximum atomic E-state index is 11.5. The van der Waals surface area contributed by atoms with Crippen LogP contribution < -0.4 is 5.32 Å². The van der Waals surface area contributed by atoms with E-state index in [0.717, 1.165) is 0 Å². The minimum absolute atomic E-state index is 0.0975. The number of hydrogen-bond donors (Lipinski definition) is 1. The Morgan fingerprint density at radius 3 is 2.14 bits per heavy atom. The Labute approximate surface area is 93.2 Å². The van der Waals surface area contributed by atoms with E-state index in [0.29, 0.717) is 15.6 Å². The Balaban J connectivity index is 2.90. The topological polar surface area (TPSA) is 29.1 Å². The molecule has 1 N–H and O–H groups in total. The van der Waals surface area contributed by atoms with Crippen molar-refractivity contribution in [2.24, 2.45) is 0 Å². The number of carbonyl (C=O) groups excluding carboxylic acids is 1. The molecule has 0 aliphatic rings. The average Bonchev–Trinajstić information content (AvgIpc) is 2.00. The van der Waals surface area contributed by atoms with Crippen LogP contribution >= 0.6 is 23.2 Å². The van der Waals surface area contributed by atoms with Crippen LogP contribution in [0.5, 0.6) is 0 Å². The van der Waals surface area contributed by atoms with E-state index in [1.165, 1.54) is 0 Å². The summed E-state index contributed by atoms with van der Waals surface area (Å²) in [5.41, 5.74) is 0.483. The van der Waals surface area contributed by atoms with Crippen LogP contribution in [-0.2, 0) is 0 Å². The van der Waals surface area contributed by atoms with Crippen LogP contribution in [-0.4, -0.2) is 11.9 Å². The Hall–Kier alpha value is -0.730. The third kappa shape index (κ3) is 3.20. The van der Waals surface area contributed by atoms with E-state index in [1.54, 1.807) is 18.2 Å². The van der Waals surface area contributed by atoms with Crippen molar-refractivity contribution in [2.75, 3.05) is 0 Å². The van der Waals surface area contributed by atoms with E-state index in [9.17, 15) is 4.79 Å². The standard InChI is InChI=1S/C10H11Cl2NO/c1-6(2)13-10(14)7-3-8(11)5-9(12)4-7/h3-6H,1-2H3,(H,13,14). The molecular weight excluding hydrogens is 221 g/mol. The fourth-order valence-electron chi connectivity index (χ4n) is 1.03. The van der Waals surface area contributed by atoms with Gasteiger partial charge in [-0.15, -0.1) is 0 Å². The summed E-state index contributed by atoms with van der Waals surface area (Å²) in [7, 11) is 0. The van der Waals surface area contributed by atoms with Gasteiger partial charge in [0, 0.05) is 21.7 Å². The van der Waals surface area contributed by atoms with Crippen molar-refractivity contribution in [1.29, 1.82) is 0 Å². The number of hydrogen-bond acceptors (Lipinski definition) is 1. The van der Waals surface area contributed by atoms with E-state index in [4.69, 9.17) is 23.2 Å². The van der Waals surface area contributed by atoms with Crippen LogP contribution in [0.1, 0.15) is 24.2 Å². The van der Waals surface area contributed by atoms with Crippen molar-refractivity contribution in [3.63, 3.8) is 0 Å². The molecule has 0 saturated carbocycles.